The molecule has 2 nitrogen and oxygen atoms in total. The summed E-state index contributed by atoms with van der Waals surface area (Å²) in [4.78, 5) is 0. The lowest BCUT2D eigenvalue weighted by Crippen LogP contribution is -3.00. The molecule has 0 atom stereocenters. The number of hydrogen-bond acceptors (Lipinski definition) is 0. The van der Waals surface area contributed by atoms with Crippen molar-refractivity contribution in [3.63, 3.8) is 0 Å². The first-order chi connectivity index (χ1) is 10.2. The summed E-state index contributed by atoms with van der Waals surface area (Å²) in [5.41, 5.74) is 2.51. The Bertz CT molecular complexity index is 587. The summed E-state index contributed by atoms with van der Waals surface area (Å²) < 4.78 is 4.69. The minimum absolute atomic E-state index is 0. The number of hydrogen-bond donors (Lipinski definition) is 0. The monoisotopic (exact) mass is 318 g/mol. The van der Waals surface area contributed by atoms with Gasteiger partial charge in [0, 0.05) is 6.92 Å². The van der Waals surface area contributed by atoms with Crippen LogP contribution in [0.15, 0.2) is 43.2 Å². The number of halogens is 1. The van der Waals surface area contributed by atoms with E-state index in [0.29, 0.717) is 0 Å². The zero-order chi connectivity index (χ0) is 15.1. The van der Waals surface area contributed by atoms with E-state index in [-0.39, 0.29) is 12.4 Å². The maximum atomic E-state index is 3.84. The Morgan fingerprint density at radius 3 is 2.77 bits per heavy atom. The van der Waals surface area contributed by atoms with Gasteiger partial charge in [-0.25, -0.2) is 9.13 Å². The van der Waals surface area contributed by atoms with Gasteiger partial charge < -0.3 is 12.4 Å². The van der Waals surface area contributed by atoms with Crippen molar-refractivity contribution < 1.29 is 17.0 Å². The second-order valence-corrected chi connectivity index (χ2v) is 5.68. The van der Waals surface area contributed by atoms with Crippen LogP contribution in [0, 0.1) is 6.92 Å². The predicted octanol–water partition coefficient (Wildman–Crippen LogP) is 1.36. The number of benzene rings is 1. The highest BCUT2D eigenvalue weighted by atomic mass is 35.5. The summed E-state index contributed by atoms with van der Waals surface area (Å²) >= 11 is 0. The highest BCUT2D eigenvalue weighted by Gasteiger charge is 2.12. The van der Waals surface area contributed by atoms with Crippen LogP contribution in [0.1, 0.15) is 49.6 Å². The molecule has 1 aromatic heterocycles. The molecule has 0 aliphatic carbocycles. The van der Waals surface area contributed by atoms with Gasteiger partial charge >= 0.3 is 0 Å². The molecule has 2 aromatic rings. The van der Waals surface area contributed by atoms with Gasteiger partial charge in [0.1, 0.15) is 18.9 Å². The van der Waals surface area contributed by atoms with Crippen molar-refractivity contribution in [1.29, 1.82) is 0 Å². The number of rotatable bonds is 8. The van der Waals surface area contributed by atoms with Gasteiger partial charge in [0.05, 0.1) is 6.54 Å². The number of unbranched alkanes of at least 4 members (excludes halogenated alkanes) is 3. The quantitative estimate of drug-likeness (QED) is 0.513. The summed E-state index contributed by atoms with van der Waals surface area (Å²) in [7, 11) is 0. The molecule has 0 saturated heterocycles. The molecule has 0 spiro atoms. The summed E-state index contributed by atoms with van der Waals surface area (Å²) in [5.74, 6) is 1.33. The first-order valence-electron chi connectivity index (χ1n) is 8.01. The standard InChI is InChI=1S/C19H27N2.ClH/c1-4-6-7-8-12-20-13-14-21(17(20)3)16-19-11-9-10-18(5-2)15-19;/h5,9-11,13-15H,2,4,6-8,12,16H2,1,3H3;1H/q+1;/p-1. The topological polar surface area (TPSA) is 8.81 Å². The zero-order valence-electron chi connectivity index (χ0n) is 13.8. The number of imidazole rings is 1. The molecule has 0 unspecified atom stereocenters. The molecule has 2 rings (SSSR count). The molecule has 0 bridgehead atoms. The summed E-state index contributed by atoms with van der Waals surface area (Å²) in [6.45, 7) is 10.4. The van der Waals surface area contributed by atoms with E-state index in [9.17, 15) is 0 Å². The fraction of sp³-hybridized carbons (Fsp3) is 0.421. The molecule has 3 heteroatoms. The predicted molar refractivity (Wildman–Crippen MR) is 89.1 cm³/mol. The molecule has 0 radical (unpaired) electrons. The van der Waals surface area contributed by atoms with Gasteiger partial charge in [-0.3, -0.25) is 0 Å². The third-order valence-corrected chi connectivity index (χ3v) is 4.05. The van der Waals surface area contributed by atoms with Crippen LogP contribution in [-0.4, -0.2) is 4.57 Å². The molecule has 120 valence electrons. The largest absolute Gasteiger partial charge is 1.00 e. The van der Waals surface area contributed by atoms with Crippen LogP contribution < -0.4 is 17.0 Å². The van der Waals surface area contributed by atoms with Gasteiger partial charge in [0.15, 0.2) is 0 Å². The molecule has 0 fully saturated rings. The van der Waals surface area contributed by atoms with Crippen molar-refractivity contribution in [3.05, 3.63) is 60.2 Å². The van der Waals surface area contributed by atoms with E-state index in [2.05, 4.69) is 66.2 Å². The smallest absolute Gasteiger partial charge is 0.253 e. The van der Waals surface area contributed by atoms with Crippen molar-refractivity contribution in [2.24, 2.45) is 0 Å². The summed E-state index contributed by atoms with van der Waals surface area (Å²) in [5, 5.41) is 0. The molecule has 1 aromatic carbocycles. The van der Waals surface area contributed by atoms with E-state index >= 15 is 0 Å². The van der Waals surface area contributed by atoms with Crippen molar-refractivity contribution in [3.8, 4) is 0 Å². The third-order valence-electron chi connectivity index (χ3n) is 4.05. The summed E-state index contributed by atoms with van der Waals surface area (Å²) in [6.07, 6.45) is 11.5. The Balaban J connectivity index is 0.00000242. The minimum atomic E-state index is 0. The van der Waals surface area contributed by atoms with Crippen LogP contribution in [0.3, 0.4) is 0 Å². The lowest BCUT2D eigenvalue weighted by Gasteiger charge is -2.03. The second-order valence-electron chi connectivity index (χ2n) is 5.68. The van der Waals surface area contributed by atoms with Crippen LogP contribution in [0.4, 0.5) is 0 Å². The fourth-order valence-corrected chi connectivity index (χ4v) is 2.67. The Kier molecular flexibility index (Phi) is 7.97. The van der Waals surface area contributed by atoms with Crippen molar-refractivity contribution >= 4 is 6.08 Å². The molecule has 0 N–H and O–H groups in total. The van der Waals surface area contributed by atoms with Gasteiger partial charge in [-0.1, -0.05) is 50.6 Å². The van der Waals surface area contributed by atoms with E-state index < -0.39 is 0 Å². The maximum absolute atomic E-state index is 3.84. The third kappa shape index (κ3) is 5.03. The zero-order valence-corrected chi connectivity index (χ0v) is 14.5. The van der Waals surface area contributed by atoms with Crippen molar-refractivity contribution in [1.82, 2.24) is 4.57 Å². The average Bonchev–Trinajstić information content (AvgIpc) is 2.85. The molecule has 0 aliphatic rings. The van der Waals surface area contributed by atoms with E-state index in [1.165, 1.54) is 42.6 Å². The van der Waals surface area contributed by atoms with E-state index in [1.807, 2.05) is 6.08 Å². The van der Waals surface area contributed by atoms with Crippen LogP contribution in [0.25, 0.3) is 6.08 Å². The Morgan fingerprint density at radius 1 is 1.23 bits per heavy atom. The van der Waals surface area contributed by atoms with E-state index in [4.69, 9.17) is 0 Å². The number of nitrogens with zero attached hydrogens (tertiary/aromatic N) is 2. The average molecular weight is 319 g/mol. The van der Waals surface area contributed by atoms with Gasteiger partial charge in [0.25, 0.3) is 5.82 Å². The van der Waals surface area contributed by atoms with Crippen LogP contribution in [-0.2, 0) is 13.1 Å². The Hall–Kier alpha value is -1.54. The molecule has 0 saturated carbocycles. The van der Waals surface area contributed by atoms with E-state index in [0.717, 1.165) is 13.1 Å². The van der Waals surface area contributed by atoms with Crippen molar-refractivity contribution in [2.75, 3.05) is 0 Å². The number of aromatic nitrogens is 2. The highest BCUT2D eigenvalue weighted by molar-refractivity contribution is 5.47. The van der Waals surface area contributed by atoms with Crippen LogP contribution in [0.5, 0.6) is 0 Å². The van der Waals surface area contributed by atoms with Gasteiger partial charge in [0.2, 0.25) is 0 Å². The maximum Gasteiger partial charge on any atom is 0.253 e. The molecular formula is C19H27ClN2. The molecule has 0 amide bonds. The summed E-state index contributed by atoms with van der Waals surface area (Å²) in [6, 6.07) is 8.58. The molecule has 0 aliphatic heterocycles. The molecule has 22 heavy (non-hydrogen) atoms. The first kappa shape index (κ1) is 18.5. The fourth-order valence-electron chi connectivity index (χ4n) is 2.67. The van der Waals surface area contributed by atoms with Gasteiger partial charge in [-0.05, 0) is 30.0 Å². The van der Waals surface area contributed by atoms with Crippen molar-refractivity contribution in [2.45, 2.75) is 52.6 Å². The van der Waals surface area contributed by atoms with Crippen LogP contribution in [0.2, 0.25) is 0 Å². The normalized spacial score (nSPS) is 10.3. The second kappa shape index (κ2) is 9.47. The SMILES string of the molecule is C=Cc1cccc(C[n+]2ccn(CCCCCC)c2C)c1.[Cl-]. The van der Waals surface area contributed by atoms with Crippen LogP contribution >= 0.6 is 0 Å². The number of aryl methyl sites for hydroxylation is 1. The lowest BCUT2D eigenvalue weighted by atomic mass is 10.1. The van der Waals surface area contributed by atoms with E-state index in [1.54, 1.807) is 0 Å². The minimum Gasteiger partial charge on any atom is -1.00 e. The Morgan fingerprint density at radius 2 is 2.05 bits per heavy atom. The first-order valence-corrected chi connectivity index (χ1v) is 8.01. The Labute approximate surface area is 140 Å². The highest BCUT2D eigenvalue weighted by Crippen LogP contribution is 2.07. The van der Waals surface area contributed by atoms with Gasteiger partial charge in [-0.2, -0.15) is 0 Å². The molecular weight excluding hydrogens is 292 g/mol. The lowest BCUT2D eigenvalue weighted by molar-refractivity contribution is -0.694. The molecule has 1 heterocycles. The van der Waals surface area contributed by atoms with Gasteiger partial charge in [-0.15, -0.1) is 0 Å².